The van der Waals surface area contributed by atoms with Gasteiger partial charge in [0.05, 0.1) is 0 Å². The molecule has 0 aliphatic heterocycles. The summed E-state index contributed by atoms with van der Waals surface area (Å²) in [7, 11) is 0. The summed E-state index contributed by atoms with van der Waals surface area (Å²) in [6, 6.07) is 0. The summed E-state index contributed by atoms with van der Waals surface area (Å²) in [4.78, 5) is 0. The maximum absolute atomic E-state index is 12.2. The lowest BCUT2D eigenvalue weighted by Gasteiger charge is -2.17. The molecule has 0 rings (SSSR count). The zero-order valence-electron chi connectivity index (χ0n) is 6.67. The van der Waals surface area contributed by atoms with Gasteiger partial charge in [-0.2, -0.15) is 22.0 Å². The first-order valence-corrected chi connectivity index (χ1v) is 3.19. The predicted octanol–water partition coefficient (Wildman–Crippen LogP) is 2.72. The molecule has 0 aromatic rings. The quantitative estimate of drug-likeness (QED) is 0.733. The number of alkyl halides is 5. The Morgan fingerprint density at radius 1 is 1.07 bits per heavy atom. The number of aliphatic hydroxyl groups is 1. The number of hydrogen-bond donors (Lipinski definition) is 1. The summed E-state index contributed by atoms with van der Waals surface area (Å²) in [6.07, 6.45) is -8.59. The van der Waals surface area contributed by atoms with Crippen LogP contribution in [0.25, 0.3) is 0 Å². The monoisotopic (exact) mass is 226 g/mol. The highest BCUT2D eigenvalue weighted by molar-refractivity contribution is 5.14. The van der Waals surface area contributed by atoms with Gasteiger partial charge in [0.2, 0.25) is 11.7 Å². The Labute approximate surface area is 73.8 Å². The van der Waals surface area contributed by atoms with Crippen LogP contribution < -0.4 is 0 Å². The van der Waals surface area contributed by atoms with Crippen molar-refractivity contribution < 1.29 is 35.8 Å². The first-order valence-electron chi connectivity index (χ1n) is 3.19. The van der Waals surface area contributed by atoms with Crippen molar-refractivity contribution in [3.63, 3.8) is 0 Å². The molecule has 1 atom stereocenters. The minimum atomic E-state index is -5.39. The SMILES string of the molecule is C[C@H](F)C(F)(F)/C(F)=C(/F)C(O)(F)F. The molecule has 0 amide bonds. The van der Waals surface area contributed by atoms with Crippen LogP contribution in [0.3, 0.4) is 0 Å². The topological polar surface area (TPSA) is 20.2 Å². The van der Waals surface area contributed by atoms with Crippen molar-refractivity contribution in [1.82, 2.24) is 0 Å². The van der Waals surface area contributed by atoms with Gasteiger partial charge in [-0.1, -0.05) is 0 Å². The predicted molar refractivity (Wildman–Crippen MR) is 31.9 cm³/mol. The molecular formula is C6H5F7O. The van der Waals surface area contributed by atoms with Crippen LogP contribution in [0, 0.1) is 0 Å². The van der Waals surface area contributed by atoms with Crippen molar-refractivity contribution in [1.29, 1.82) is 0 Å². The third-order valence-corrected chi connectivity index (χ3v) is 1.25. The molecule has 14 heavy (non-hydrogen) atoms. The maximum atomic E-state index is 12.2. The summed E-state index contributed by atoms with van der Waals surface area (Å²) in [5, 5.41) is 7.54. The fourth-order valence-electron chi connectivity index (χ4n) is 0.453. The van der Waals surface area contributed by atoms with Crippen LogP contribution in [0.15, 0.2) is 11.7 Å². The van der Waals surface area contributed by atoms with E-state index in [0.29, 0.717) is 0 Å². The van der Waals surface area contributed by atoms with Gasteiger partial charge in [-0.15, -0.1) is 0 Å². The molecule has 0 saturated carbocycles. The average molecular weight is 226 g/mol. The normalized spacial score (nSPS) is 17.8. The summed E-state index contributed by atoms with van der Waals surface area (Å²) in [5.41, 5.74) is 0. The van der Waals surface area contributed by atoms with Crippen molar-refractivity contribution in [2.45, 2.75) is 25.1 Å². The Kier molecular flexibility index (Phi) is 3.54. The Hall–Kier alpha value is -0.790. The molecule has 0 spiro atoms. The highest BCUT2D eigenvalue weighted by atomic mass is 19.3. The number of allylic oxidation sites excluding steroid dienone is 1. The zero-order valence-corrected chi connectivity index (χ0v) is 6.67. The van der Waals surface area contributed by atoms with Crippen LogP contribution in [0.2, 0.25) is 0 Å². The van der Waals surface area contributed by atoms with Crippen molar-refractivity contribution in [2.75, 3.05) is 0 Å². The summed E-state index contributed by atoms with van der Waals surface area (Å²) in [5.74, 6) is -11.7. The lowest BCUT2D eigenvalue weighted by molar-refractivity contribution is -0.184. The van der Waals surface area contributed by atoms with E-state index in [0.717, 1.165) is 0 Å². The fraction of sp³-hybridized carbons (Fsp3) is 0.667. The van der Waals surface area contributed by atoms with Crippen LogP contribution in [0.1, 0.15) is 6.92 Å². The molecule has 0 bridgehead atoms. The van der Waals surface area contributed by atoms with Crippen LogP contribution in [0.4, 0.5) is 30.7 Å². The van der Waals surface area contributed by atoms with Crippen LogP contribution in [0.5, 0.6) is 0 Å². The van der Waals surface area contributed by atoms with E-state index in [1.54, 1.807) is 0 Å². The van der Waals surface area contributed by atoms with E-state index in [2.05, 4.69) is 0 Å². The molecule has 0 radical (unpaired) electrons. The Balaban J connectivity index is 5.21. The van der Waals surface area contributed by atoms with Gasteiger partial charge in [-0.3, -0.25) is 0 Å². The van der Waals surface area contributed by atoms with Gasteiger partial charge in [0, 0.05) is 0 Å². The molecular weight excluding hydrogens is 221 g/mol. The highest BCUT2D eigenvalue weighted by Crippen LogP contribution is 2.37. The minimum Gasteiger partial charge on any atom is -0.330 e. The molecule has 1 N–H and O–H groups in total. The molecule has 84 valence electrons. The maximum Gasteiger partial charge on any atom is 0.409 e. The summed E-state index contributed by atoms with van der Waals surface area (Å²) < 4.78 is 83.8. The van der Waals surface area contributed by atoms with Crippen LogP contribution >= 0.6 is 0 Å². The van der Waals surface area contributed by atoms with Gasteiger partial charge in [0.1, 0.15) is 0 Å². The number of halogens is 7. The molecule has 8 heteroatoms. The van der Waals surface area contributed by atoms with E-state index in [1.165, 1.54) is 0 Å². The van der Waals surface area contributed by atoms with Gasteiger partial charge in [-0.25, -0.2) is 8.78 Å². The smallest absolute Gasteiger partial charge is 0.330 e. The zero-order chi connectivity index (χ0) is 11.7. The standard InChI is InChI=1S/C6H5F7O/c1-2(7)5(10,11)3(8)4(9)6(12,13)14/h2,14H,1H3/b4-3-/t2-/m0/s1. The Morgan fingerprint density at radius 3 is 1.64 bits per heavy atom. The molecule has 0 unspecified atom stereocenters. The van der Waals surface area contributed by atoms with E-state index in [1.807, 2.05) is 0 Å². The second-order valence-electron chi connectivity index (χ2n) is 2.41. The van der Waals surface area contributed by atoms with Gasteiger partial charge < -0.3 is 5.11 Å². The van der Waals surface area contributed by atoms with Crippen molar-refractivity contribution >= 4 is 0 Å². The molecule has 1 nitrogen and oxygen atoms in total. The highest BCUT2D eigenvalue weighted by Gasteiger charge is 2.49. The van der Waals surface area contributed by atoms with Crippen LogP contribution in [-0.2, 0) is 0 Å². The summed E-state index contributed by atoms with van der Waals surface area (Å²) in [6.45, 7) is 0.155. The van der Waals surface area contributed by atoms with E-state index < -0.39 is 29.9 Å². The average Bonchev–Trinajstić information content (AvgIpc) is 1.99. The molecule has 0 aromatic heterocycles. The van der Waals surface area contributed by atoms with Crippen LogP contribution in [-0.4, -0.2) is 23.3 Å². The van der Waals surface area contributed by atoms with Gasteiger partial charge in [0.15, 0.2) is 6.17 Å². The Morgan fingerprint density at radius 2 is 1.43 bits per heavy atom. The largest absolute Gasteiger partial charge is 0.409 e. The second kappa shape index (κ2) is 3.76. The van der Waals surface area contributed by atoms with Gasteiger partial charge >= 0.3 is 12.0 Å². The molecule has 0 aliphatic carbocycles. The van der Waals surface area contributed by atoms with Crippen molar-refractivity contribution in [3.05, 3.63) is 11.7 Å². The first-order chi connectivity index (χ1) is 6.01. The third-order valence-electron chi connectivity index (χ3n) is 1.25. The second-order valence-corrected chi connectivity index (χ2v) is 2.41. The van der Waals surface area contributed by atoms with E-state index in [-0.39, 0.29) is 6.92 Å². The number of rotatable bonds is 3. The molecule has 0 aliphatic rings. The van der Waals surface area contributed by atoms with E-state index >= 15 is 0 Å². The van der Waals surface area contributed by atoms with Gasteiger partial charge in [0.25, 0.3) is 0 Å². The number of hydrogen-bond acceptors (Lipinski definition) is 1. The first kappa shape index (κ1) is 13.2. The molecule has 0 fully saturated rings. The Bertz CT molecular complexity index is 239. The minimum absolute atomic E-state index is 0.155. The van der Waals surface area contributed by atoms with Crippen molar-refractivity contribution in [3.8, 4) is 0 Å². The summed E-state index contributed by atoms with van der Waals surface area (Å²) >= 11 is 0. The fourth-order valence-corrected chi connectivity index (χ4v) is 0.453. The molecule has 0 saturated heterocycles. The van der Waals surface area contributed by atoms with Gasteiger partial charge in [-0.05, 0) is 6.92 Å². The lowest BCUT2D eigenvalue weighted by Crippen LogP contribution is -2.31. The lowest BCUT2D eigenvalue weighted by atomic mass is 10.2. The van der Waals surface area contributed by atoms with E-state index in [9.17, 15) is 30.7 Å². The van der Waals surface area contributed by atoms with E-state index in [4.69, 9.17) is 5.11 Å². The third kappa shape index (κ3) is 2.60. The molecule has 0 aromatic carbocycles. The van der Waals surface area contributed by atoms with Crippen molar-refractivity contribution in [2.24, 2.45) is 0 Å². The molecule has 0 heterocycles.